The Morgan fingerprint density at radius 2 is 1.81 bits per heavy atom. The maximum Gasteiger partial charge on any atom is 0.372 e. The molecule has 0 fully saturated rings. The number of furan rings is 1. The van der Waals surface area contributed by atoms with Crippen molar-refractivity contribution in [3.05, 3.63) is 83.3 Å². The third kappa shape index (κ3) is 2.24. The molecule has 26 heavy (non-hydrogen) atoms. The van der Waals surface area contributed by atoms with E-state index in [1.807, 2.05) is 6.07 Å². The summed E-state index contributed by atoms with van der Waals surface area (Å²) in [7, 11) is 0. The maximum atomic E-state index is 11.4. The van der Waals surface area contributed by atoms with E-state index in [-0.39, 0.29) is 11.7 Å². The quantitative estimate of drug-likeness (QED) is 0.485. The number of aryl methyl sites for hydroxylation is 1. The number of carbonyl (C=O) groups is 1. The molecule has 1 N–H and O–H groups in total. The Balaban J connectivity index is 1.60. The molecule has 5 rings (SSSR count). The van der Waals surface area contributed by atoms with Crippen molar-refractivity contribution in [2.75, 3.05) is 0 Å². The van der Waals surface area contributed by atoms with Crippen LogP contribution in [0.4, 0.5) is 0 Å². The van der Waals surface area contributed by atoms with Crippen LogP contribution in [-0.2, 0) is 12.8 Å². The fourth-order valence-corrected chi connectivity index (χ4v) is 4.45. The van der Waals surface area contributed by atoms with E-state index in [2.05, 4.69) is 48.5 Å². The van der Waals surface area contributed by atoms with Crippen LogP contribution < -0.4 is 0 Å². The molecular weight excluding hydrogens is 324 g/mol. The number of hydrogen-bond acceptors (Lipinski definition) is 2. The smallest absolute Gasteiger partial charge is 0.372 e. The number of rotatable bonds is 2. The van der Waals surface area contributed by atoms with Gasteiger partial charge in [0.25, 0.3) is 0 Å². The summed E-state index contributed by atoms with van der Waals surface area (Å²) in [5, 5.41) is 14.5. The Labute approximate surface area is 150 Å². The minimum Gasteiger partial charge on any atom is -0.475 e. The molecule has 128 valence electrons. The fourth-order valence-electron chi connectivity index (χ4n) is 4.45. The van der Waals surface area contributed by atoms with E-state index in [1.165, 1.54) is 38.9 Å². The first-order chi connectivity index (χ1) is 12.7. The molecule has 1 unspecified atom stereocenters. The molecule has 0 saturated heterocycles. The van der Waals surface area contributed by atoms with Gasteiger partial charge in [0, 0.05) is 5.56 Å². The second kappa shape index (κ2) is 5.73. The van der Waals surface area contributed by atoms with Gasteiger partial charge < -0.3 is 9.52 Å². The van der Waals surface area contributed by atoms with E-state index >= 15 is 0 Å². The predicted octanol–water partition coefficient (Wildman–Crippen LogP) is 5.56. The van der Waals surface area contributed by atoms with Crippen molar-refractivity contribution in [2.24, 2.45) is 0 Å². The Morgan fingerprint density at radius 1 is 0.962 bits per heavy atom. The van der Waals surface area contributed by atoms with Crippen LogP contribution in [0.25, 0.3) is 21.5 Å². The highest BCUT2D eigenvalue weighted by Crippen LogP contribution is 2.39. The molecule has 0 radical (unpaired) electrons. The highest BCUT2D eigenvalue weighted by Gasteiger charge is 2.27. The molecular formula is C23H18O3. The molecule has 1 atom stereocenters. The monoisotopic (exact) mass is 342 g/mol. The van der Waals surface area contributed by atoms with Gasteiger partial charge in [-0.1, -0.05) is 48.5 Å². The van der Waals surface area contributed by atoms with Gasteiger partial charge in [-0.3, -0.25) is 0 Å². The van der Waals surface area contributed by atoms with Gasteiger partial charge in [0.15, 0.2) is 0 Å². The Kier molecular flexibility index (Phi) is 3.35. The molecule has 0 aliphatic heterocycles. The van der Waals surface area contributed by atoms with Gasteiger partial charge in [0.2, 0.25) is 5.76 Å². The van der Waals surface area contributed by atoms with E-state index in [0.29, 0.717) is 0 Å². The summed E-state index contributed by atoms with van der Waals surface area (Å²) >= 11 is 0. The van der Waals surface area contributed by atoms with Crippen LogP contribution in [0.15, 0.2) is 65.3 Å². The van der Waals surface area contributed by atoms with Crippen LogP contribution in [0.1, 0.15) is 39.6 Å². The summed E-state index contributed by atoms with van der Waals surface area (Å²) in [5.74, 6) is -0.698. The van der Waals surface area contributed by atoms with Gasteiger partial charge in [0.1, 0.15) is 0 Å². The lowest BCUT2D eigenvalue weighted by Gasteiger charge is -2.26. The highest BCUT2D eigenvalue weighted by molar-refractivity contribution is 6.08. The average molecular weight is 342 g/mol. The third-order valence-corrected chi connectivity index (χ3v) is 5.67. The third-order valence-electron chi connectivity index (χ3n) is 5.67. The molecule has 1 aliphatic rings. The molecule has 0 bridgehead atoms. The number of aromatic carboxylic acids is 1. The standard InChI is InChI=1S/C23H18O3/c24-23(25)22-19(11-12-26-22)16-6-8-18-15(13-16)7-10-20-17-4-2-1-3-14(17)5-9-21(18)20/h1-5,7,9-12,16H,6,8,13H2,(H,24,25). The normalized spacial score (nSPS) is 16.7. The van der Waals surface area contributed by atoms with Crippen molar-refractivity contribution >= 4 is 27.5 Å². The Bertz CT molecular complexity index is 1150. The Morgan fingerprint density at radius 3 is 2.69 bits per heavy atom. The first-order valence-corrected chi connectivity index (χ1v) is 8.95. The van der Waals surface area contributed by atoms with E-state index < -0.39 is 5.97 Å². The van der Waals surface area contributed by atoms with Crippen molar-refractivity contribution in [1.29, 1.82) is 0 Å². The van der Waals surface area contributed by atoms with Gasteiger partial charge in [0.05, 0.1) is 6.26 Å². The fraction of sp³-hybridized carbons (Fsp3) is 0.174. The van der Waals surface area contributed by atoms with Crippen molar-refractivity contribution in [3.8, 4) is 0 Å². The van der Waals surface area contributed by atoms with Crippen molar-refractivity contribution in [2.45, 2.75) is 25.2 Å². The van der Waals surface area contributed by atoms with Gasteiger partial charge in [-0.2, -0.15) is 0 Å². The zero-order valence-electron chi connectivity index (χ0n) is 14.2. The molecule has 1 aliphatic carbocycles. The topological polar surface area (TPSA) is 50.4 Å². The van der Waals surface area contributed by atoms with Crippen LogP contribution in [0.2, 0.25) is 0 Å². The summed E-state index contributed by atoms with van der Waals surface area (Å²) in [5.41, 5.74) is 3.55. The first-order valence-electron chi connectivity index (χ1n) is 8.95. The lowest BCUT2D eigenvalue weighted by Crippen LogP contribution is -2.15. The van der Waals surface area contributed by atoms with Crippen LogP contribution in [-0.4, -0.2) is 11.1 Å². The van der Waals surface area contributed by atoms with Gasteiger partial charge in [-0.25, -0.2) is 4.79 Å². The van der Waals surface area contributed by atoms with Crippen LogP contribution in [0.3, 0.4) is 0 Å². The zero-order valence-corrected chi connectivity index (χ0v) is 14.2. The predicted molar refractivity (Wildman–Crippen MR) is 102 cm³/mol. The van der Waals surface area contributed by atoms with Crippen LogP contribution >= 0.6 is 0 Å². The molecule has 0 saturated carbocycles. The minimum absolute atomic E-state index is 0.0882. The first kappa shape index (κ1) is 15.2. The van der Waals surface area contributed by atoms with Crippen LogP contribution in [0.5, 0.6) is 0 Å². The number of hydrogen-bond donors (Lipinski definition) is 1. The van der Waals surface area contributed by atoms with Gasteiger partial charge in [-0.15, -0.1) is 0 Å². The molecule has 0 spiro atoms. The molecule has 1 heterocycles. The molecule has 3 heteroatoms. The second-order valence-electron chi connectivity index (χ2n) is 7.04. The van der Waals surface area contributed by atoms with E-state index in [9.17, 15) is 9.90 Å². The highest BCUT2D eigenvalue weighted by atomic mass is 16.4. The van der Waals surface area contributed by atoms with E-state index in [4.69, 9.17) is 4.42 Å². The molecule has 1 aromatic heterocycles. The second-order valence-corrected chi connectivity index (χ2v) is 7.04. The van der Waals surface area contributed by atoms with E-state index in [1.54, 1.807) is 0 Å². The SMILES string of the molecule is O=C(O)c1occc1C1CCc2c(ccc3c2ccc2ccccc23)C1. The van der Waals surface area contributed by atoms with Crippen molar-refractivity contribution < 1.29 is 14.3 Å². The van der Waals surface area contributed by atoms with Crippen molar-refractivity contribution in [3.63, 3.8) is 0 Å². The lowest BCUT2D eigenvalue weighted by molar-refractivity contribution is 0.0660. The van der Waals surface area contributed by atoms with Gasteiger partial charge >= 0.3 is 5.97 Å². The molecule has 3 aromatic carbocycles. The Hall–Kier alpha value is -3.07. The lowest BCUT2D eigenvalue weighted by atomic mass is 9.78. The summed E-state index contributed by atoms with van der Waals surface area (Å²) in [4.78, 5) is 11.4. The summed E-state index contributed by atoms with van der Waals surface area (Å²) in [6.07, 6.45) is 4.25. The molecule has 0 amide bonds. The number of fused-ring (bicyclic) bond motifs is 5. The van der Waals surface area contributed by atoms with Crippen LogP contribution in [0, 0.1) is 0 Å². The summed E-state index contributed by atoms with van der Waals surface area (Å²) in [6.45, 7) is 0. The van der Waals surface area contributed by atoms with Gasteiger partial charge in [-0.05, 0) is 63.9 Å². The van der Waals surface area contributed by atoms with Crippen molar-refractivity contribution in [1.82, 2.24) is 0 Å². The molecule has 3 nitrogen and oxygen atoms in total. The largest absolute Gasteiger partial charge is 0.475 e. The number of carboxylic acid groups (broad SMARTS) is 1. The average Bonchev–Trinajstić information content (AvgIpc) is 3.17. The van der Waals surface area contributed by atoms with E-state index in [0.717, 1.165) is 24.8 Å². The summed E-state index contributed by atoms with van der Waals surface area (Å²) in [6, 6.07) is 19.2. The molecule has 4 aromatic rings. The summed E-state index contributed by atoms with van der Waals surface area (Å²) < 4.78 is 5.19. The minimum atomic E-state index is -0.985. The zero-order chi connectivity index (χ0) is 17.7. The number of benzene rings is 3. The number of carboxylic acids is 1. The maximum absolute atomic E-state index is 11.4.